The molecule has 0 radical (unpaired) electrons. The van der Waals surface area contributed by atoms with Gasteiger partial charge in [-0.25, -0.2) is 8.42 Å². The van der Waals surface area contributed by atoms with Crippen molar-refractivity contribution in [3.63, 3.8) is 0 Å². The first-order chi connectivity index (χ1) is 7.93. The second-order valence-electron chi connectivity index (χ2n) is 3.63. The van der Waals surface area contributed by atoms with Crippen molar-refractivity contribution in [2.75, 3.05) is 11.6 Å². The number of alkyl halides is 1. The average molecular weight is 320 g/mol. The van der Waals surface area contributed by atoms with Crippen molar-refractivity contribution < 1.29 is 13.2 Å². The van der Waals surface area contributed by atoms with E-state index in [9.17, 15) is 13.2 Å². The SMILES string of the molecule is CS(=O)(=O)c1ccc(CNC(=O)CCBr)cc1. The van der Waals surface area contributed by atoms with Crippen LogP contribution in [0.5, 0.6) is 0 Å². The Bertz CT molecular complexity index is 482. The van der Waals surface area contributed by atoms with Crippen LogP contribution in [0.25, 0.3) is 0 Å². The van der Waals surface area contributed by atoms with Crippen molar-refractivity contribution in [3.8, 4) is 0 Å². The van der Waals surface area contributed by atoms with Crippen molar-refractivity contribution >= 4 is 31.7 Å². The smallest absolute Gasteiger partial charge is 0.221 e. The number of carbonyl (C=O) groups excluding carboxylic acids is 1. The summed E-state index contributed by atoms with van der Waals surface area (Å²) in [6, 6.07) is 6.48. The number of hydrogen-bond acceptors (Lipinski definition) is 3. The number of carbonyl (C=O) groups is 1. The summed E-state index contributed by atoms with van der Waals surface area (Å²) in [6.07, 6.45) is 1.60. The number of hydrogen-bond donors (Lipinski definition) is 1. The fraction of sp³-hybridized carbons (Fsp3) is 0.364. The van der Waals surface area contributed by atoms with E-state index in [0.29, 0.717) is 18.3 Å². The molecule has 0 aliphatic heterocycles. The molecule has 6 heteroatoms. The summed E-state index contributed by atoms with van der Waals surface area (Å²) in [5.41, 5.74) is 0.875. The largest absolute Gasteiger partial charge is 0.352 e. The molecule has 0 heterocycles. The van der Waals surface area contributed by atoms with E-state index in [1.54, 1.807) is 24.3 Å². The van der Waals surface area contributed by atoms with Gasteiger partial charge in [-0.05, 0) is 17.7 Å². The molecule has 1 N–H and O–H groups in total. The molecule has 0 saturated carbocycles. The topological polar surface area (TPSA) is 63.2 Å². The summed E-state index contributed by atoms with van der Waals surface area (Å²) in [5, 5.41) is 3.37. The van der Waals surface area contributed by atoms with Gasteiger partial charge in [0.1, 0.15) is 0 Å². The van der Waals surface area contributed by atoms with Gasteiger partial charge in [-0.3, -0.25) is 4.79 Å². The summed E-state index contributed by atoms with van der Waals surface area (Å²) in [5.74, 6) is -0.0333. The maximum absolute atomic E-state index is 11.2. The number of nitrogens with one attached hydrogen (secondary N) is 1. The van der Waals surface area contributed by atoms with E-state index >= 15 is 0 Å². The Morgan fingerprint density at radius 2 is 1.88 bits per heavy atom. The van der Waals surface area contributed by atoms with E-state index in [4.69, 9.17) is 0 Å². The van der Waals surface area contributed by atoms with Crippen LogP contribution in [-0.4, -0.2) is 25.9 Å². The van der Waals surface area contributed by atoms with Gasteiger partial charge in [0.25, 0.3) is 0 Å². The van der Waals surface area contributed by atoms with E-state index in [0.717, 1.165) is 5.56 Å². The van der Waals surface area contributed by atoms with Gasteiger partial charge < -0.3 is 5.32 Å². The lowest BCUT2D eigenvalue weighted by Gasteiger charge is -2.05. The lowest BCUT2D eigenvalue weighted by atomic mass is 10.2. The van der Waals surface area contributed by atoms with Crippen molar-refractivity contribution in [1.82, 2.24) is 5.32 Å². The number of sulfone groups is 1. The van der Waals surface area contributed by atoms with Gasteiger partial charge in [-0.1, -0.05) is 28.1 Å². The van der Waals surface area contributed by atoms with E-state index in [-0.39, 0.29) is 10.8 Å². The molecule has 0 saturated heterocycles. The minimum atomic E-state index is -3.15. The Balaban J connectivity index is 2.60. The third-order valence-electron chi connectivity index (χ3n) is 2.16. The molecule has 1 amide bonds. The summed E-state index contributed by atoms with van der Waals surface area (Å²) < 4.78 is 22.4. The highest BCUT2D eigenvalue weighted by Crippen LogP contribution is 2.10. The zero-order valence-corrected chi connectivity index (χ0v) is 11.8. The summed E-state index contributed by atoms with van der Waals surface area (Å²) >= 11 is 3.18. The molecule has 0 aliphatic rings. The third-order valence-corrected chi connectivity index (χ3v) is 3.69. The Labute approximate surface area is 109 Å². The Morgan fingerprint density at radius 3 is 2.35 bits per heavy atom. The highest BCUT2D eigenvalue weighted by atomic mass is 79.9. The second-order valence-corrected chi connectivity index (χ2v) is 6.44. The van der Waals surface area contributed by atoms with Crippen LogP contribution in [0.15, 0.2) is 29.2 Å². The Kier molecular flexibility index (Phi) is 5.14. The molecule has 0 aromatic heterocycles. The van der Waals surface area contributed by atoms with Crippen molar-refractivity contribution in [1.29, 1.82) is 0 Å². The Hall–Kier alpha value is -0.880. The van der Waals surface area contributed by atoms with Crippen molar-refractivity contribution in [3.05, 3.63) is 29.8 Å². The molecule has 1 rings (SSSR count). The van der Waals surface area contributed by atoms with Crippen LogP contribution in [0.2, 0.25) is 0 Å². The van der Waals surface area contributed by atoms with Crippen LogP contribution in [0.1, 0.15) is 12.0 Å². The van der Waals surface area contributed by atoms with E-state index in [1.165, 1.54) is 6.26 Å². The summed E-state index contributed by atoms with van der Waals surface area (Å²) in [6.45, 7) is 0.413. The molecule has 0 bridgehead atoms. The van der Waals surface area contributed by atoms with Gasteiger partial charge in [-0.15, -0.1) is 0 Å². The monoisotopic (exact) mass is 319 g/mol. The molecule has 0 fully saturated rings. The van der Waals surface area contributed by atoms with E-state index in [2.05, 4.69) is 21.2 Å². The predicted octanol–water partition coefficient (Wildman–Crippen LogP) is 1.49. The quantitative estimate of drug-likeness (QED) is 0.836. The number of halogens is 1. The molecule has 1 aromatic carbocycles. The van der Waals surface area contributed by atoms with Crippen molar-refractivity contribution in [2.45, 2.75) is 17.9 Å². The number of amides is 1. The first-order valence-electron chi connectivity index (χ1n) is 5.05. The van der Waals surface area contributed by atoms with Gasteiger partial charge in [0.15, 0.2) is 9.84 Å². The predicted molar refractivity (Wildman–Crippen MR) is 69.8 cm³/mol. The molecule has 1 aromatic rings. The van der Waals surface area contributed by atoms with Crippen LogP contribution in [0.3, 0.4) is 0 Å². The first kappa shape index (κ1) is 14.2. The number of rotatable bonds is 5. The van der Waals surface area contributed by atoms with Gasteiger partial charge >= 0.3 is 0 Å². The molecule has 4 nitrogen and oxygen atoms in total. The van der Waals surface area contributed by atoms with E-state index in [1.807, 2.05) is 0 Å². The van der Waals surface area contributed by atoms with Gasteiger partial charge in [0.2, 0.25) is 5.91 Å². The molecule has 94 valence electrons. The number of benzene rings is 1. The van der Waals surface area contributed by atoms with Crippen LogP contribution >= 0.6 is 15.9 Å². The second kappa shape index (κ2) is 6.16. The molecular formula is C11H14BrNO3S. The Morgan fingerprint density at radius 1 is 1.29 bits per heavy atom. The maximum Gasteiger partial charge on any atom is 0.221 e. The molecule has 0 atom stereocenters. The molecular weight excluding hydrogens is 306 g/mol. The zero-order valence-electron chi connectivity index (χ0n) is 9.44. The lowest BCUT2D eigenvalue weighted by Crippen LogP contribution is -2.22. The standard InChI is InChI=1S/C11H14BrNO3S/c1-17(15,16)10-4-2-9(3-5-10)8-13-11(14)6-7-12/h2-5H,6-8H2,1H3,(H,13,14). The molecule has 0 aliphatic carbocycles. The first-order valence-corrected chi connectivity index (χ1v) is 8.06. The van der Waals surface area contributed by atoms with E-state index < -0.39 is 9.84 Å². The van der Waals surface area contributed by atoms with Crippen LogP contribution in [0, 0.1) is 0 Å². The van der Waals surface area contributed by atoms with Gasteiger partial charge in [0, 0.05) is 24.6 Å². The van der Waals surface area contributed by atoms with Gasteiger partial charge in [0.05, 0.1) is 4.90 Å². The van der Waals surface area contributed by atoms with Crippen LogP contribution in [0.4, 0.5) is 0 Å². The minimum absolute atomic E-state index is 0.0333. The summed E-state index contributed by atoms with van der Waals surface area (Å²) in [7, 11) is -3.15. The highest BCUT2D eigenvalue weighted by Gasteiger charge is 2.06. The summed E-state index contributed by atoms with van der Waals surface area (Å²) in [4.78, 5) is 11.5. The molecule has 0 unspecified atom stereocenters. The molecule has 0 spiro atoms. The zero-order chi connectivity index (χ0) is 12.9. The van der Waals surface area contributed by atoms with Gasteiger partial charge in [-0.2, -0.15) is 0 Å². The average Bonchev–Trinajstić information content (AvgIpc) is 2.26. The third kappa shape index (κ3) is 4.87. The minimum Gasteiger partial charge on any atom is -0.352 e. The lowest BCUT2D eigenvalue weighted by molar-refractivity contribution is -0.120. The fourth-order valence-corrected chi connectivity index (χ4v) is 2.22. The van der Waals surface area contributed by atoms with Crippen LogP contribution in [-0.2, 0) is 21.2 Å². The maximum atomic E-state index is 11.2. The van der Waals surface area contributed by atoms with Crippen LogP contribution < -0.4 is 5.32 Å². The fourth-order valence-electron chi connectivity index (χ4n) is 1.23. The normalized spacial score (nSPS) is 11.2. The van der Waals surface area contributed by atoms with Crippen molar-refractivity contribution in [2.24, 2.45) is 0 Å². The highest BCUT2D eigenvalue weighted by molar-refractivity contribution is 9.09. The molecule has 17 heavy (non-hydrogen) atoms.